The molecular formula is C24H31FN2O3S. The predicted octanol–water partition coefficient (Wildman–Crippen LogP) is 4.89. The lowest BCUT2D eigenvalue weighted by molar-refractivity contribution is 0.0699. The molecule has 0 spiro atoms. The van der Waals surface area contributed by atoms with Crippen LogP contribution in [0.3, 0.4) is 0 Å². The van der Waals surface area contributed by atoms with Gasteiger partial charge in [0.15, 0.2) is 0 Å². The van der Waals surface area contributed by atoms with Gasteiger partial charge in [-0.1, -0.05) is 36.4 Å². The van der Waals surface area contributed by atoms with E-state index in [1.54, 1.807) is 13.0 Å². The third-order valence-electron chi connectivity index (χ3n) is 6.52. The lowest BCUT2D eigenvalue weighted by Crippen LogP contribution is -2.41. The quantitative estimate of drug-likeness (QED) is 0.686. The summed E-state index contributed by atoms with van der Waals surface area (Å²) in [5.74, 6) is 0.158. The Morgan fingerprint density at radius 1 is 1.13 bits per heavy atom. The molecular weight excluding hydrogens is 415 g/mol. The van der Waals surface area contributed by atoms with Crippen LogP contribution in [0.5, 0.6) is 0 Å². The summed E-state index contributed by atoms with van der Waals surface area (Å²) in [6, 6.07) is 13.8. The predicted molar refractivity (Wildman–Crippen MR) is 121 cm³/mol. The second-order valence-corrected chi connectivity index (χ2v) is 10.6. The van der Waals surface area contributed by atoms with Crippen LogP contribution in [-0.4, -0.2) is 39.0 Å². The van der Waals surface area contributed by atoms with Crippen molar-refractivity contribution in [2.75, 3.05) is 31.6 Å². The molecule has 0 aliphatic carbocycles. The molecule has 2 atom stereocenters. The Labute approximate surface area is 184 Å². The second kappa shape index (κ2) is 9.67. The highest BCUT2D eigenvalue weighted by molar-refractivity contribution is 7.89. The number of nitrogens with one attached hydrogen (secondary N) is 1. The number of hydrogen-bond acceptors (Lipinski definition) is 4. The molecule has 0 saturated carbocycles. The molecule has 2 aliphatic heterocycles. The molecule has 1 N–H and O–H groups in total. The average molecular weight is 447 g/mol. The third kappa shape index (κ3) is 4.94. The largest absolute Gasteiger partial charge is 0.385 e. The van der Waals surface area contributed by atoms with Crippen LogP contribution in [0.2, 0.25) is 0 Å². The minimum absolute atomic E-state index is 0.374. The maximum absolute atomic E-state index is 15.0. The molecule has 31 heavy (non-hydrogen) atoms. The van der Waals surface area contributed by atoms with E-state index in [1.807, 2.05) is 36.4 Å². The molecule has 0 radical (unpaired) electrons. The summed E-state index contributed by atoms with van der Waals surface area (Å²) in [5, 5.41) is 2.74. The van der Waals surface area contributed by atoms with E-state index in [2.05, 4.69) is 5.32 Å². The highest BCUT2D eigenvalue weighted by atomic mass is 32.2. The van der Waals surface area contributed by atoms with Crippen LogP contribution in [0.25, 0.3) is 0 Å². The van der Waals surface area contributed by atoms with E-state index in [0.29, 0.717) is 24.4 Å². The van der Waals surface area contributed by atoms with E-state index in [0.717, 1.165) is 50.3 Å². The number of halogens is 1. The molecule has 2 saturated heterocycles. The number of benzene rings is 2. The molecule has 2 aliphatic rings. The maximum atomic E-state index is 15.0. The van der Waals surface area contributed by atoms with Crippen molar-refractivity contribution in [3.63, 3.8) is 0 Å². The fourth-order valence-corrected chi connectivity index (χ4v) is 6.87. The SMILES string of the molecule is CC(c1ccc(NCC2CCOCC2)cc1F)N1CCCC(c2ccccc2)S1(=O)=O. The van der Waals surface area contributed by atoms with E-state index < -0.39 is 21.3 Å². The normalized spacial score (nSPS) is 23.4. The molecule has 0 amide bonds. The fraction of sp³-hybridized carbons (Fsp3) is 0.500. The van der Waals surface area contributed by atoms with Gasteiger partial charge in [0.25, 0.3) is 0 Å². The molecule has 2 unspecified atom stereocenters. The zero-order valence-corrected chi connectivity index (χ0v) is 18.8. The van der Waals surface area contributed by atoms with E-state index in [1.165, 1.54) is 10.4 Å². The summed E-state index contributed by atoms with van der Waals surface area (Å²) in [5.41, 5.74) is 1.94. The lowest BCUT2D eigenvalue weighted by atomic mass is 10.00. The van der Waals surface area contributed by atoms with E-state index in [-0.39, 0.29) is 5.82 Å². The summed E-state index contributed by atoms with van der Waals surface area (Å²) < 4.78 is 48.6. The minimum Gasteiger partial charge on any atom is -0.385 e. The topological polar surface area (TPSA) is 58.6 Å². The molecule has 2 heterocycles. The van der Waals surface area contributed by atoms with E-state index >= 15 is 4.39 Å². The summed E-state index contributed by atoms with van der Waals surface area (Å²) >= 11 is 0. The zero-order chi connectivity index (χ0) is 21.8. The first-order valence-corrected chi connectivity index (χ1v) is 12.6. The summed E-state index contributed by atoms with van der Waals surface area (Å²) in [6.45, 7) is 4.54. The van der Waals surface area contributed by atoms with Crippen molar-refractivity contribution in [3.05, 3.63) is 65.5 Å². The Morgan fingerprint density at radius 3 is 2.58 bits per heavy atom. The van der Waals surface area contributed by atoms with Gasteiger partial charge in [0.1, 0.15) is 11.1 Å². The van der Waals surface area contributed by atoms with Gasteiger partial charge in [-0.05, 0) is 56.2 Å². The lowest BCUT2D eigenvalue weighted by Gasteiger charge is -2.36. The highest BCUT2D eigenvalue weighted by Crippen LogP contribution is 2.39. The van der Waals surface area contributed by atoms with Crippen molar-refractivity contribution < 1.29 is 17.5 Å². The van der Waals surface area contributed by atoms with Crippen LogP contribution in [0, 0.1) is 11.7 Å². The molecule has 7 heteroatoms. The number of anilines is 1. The first-order valence-electron chi connectivity index (χ1n) is 11.1. The second-order valence-electron chi connectivity index (χ2n) is 8.55. The van der Waals surface area contributed by atoms with Crippen molar-refractivity contribution in [2.24, 2.45) is 5.92 Å². The molecule has 0 aromatic heterocycles. The first-order chi connectivity index (χ1) is 15.0. The number of hydrogen-bond donors (Lipinski definition) is 1. The third-order valence-corrected chi connectivity index (χ3v) is 8.90. The summed E-state index contributed by atoms with van der Waals surface area (Å²) in [7, 11) is -3.58. The Morgan fingerprint density at radius 2 is 1.87 bits per heavy atom. The van der Waals surface area contributed by atoms with Crippen LogP contribution in [0.1, 0.15) is 55.0 Å². The van der Waals surface area contributed by atoms with Crippen LogP contribution in [0.15, 0.2) is 48.5 Å². The molecule has 0 bridgehead atoms. The smallest absolute Gasteiger partial charge is 0.221 e. The van der Waals surface area contributed by atoms with Gasteiger partial charge in [-0.3, -0.25) is 0 Å². The summed E-state index contributed by atoms with van der Waals surface area (Å²) in [6.07, 6.45) is 3.38. The van der Waals surface area contributed by atoms with Crippen molar-refractivity contribution in [1.29, 1.82) is 0 Å². The minimum atomic E-state index is -3.58. The summed E-state index contributed by atoms with van der Waals surface area (Å²) in [4.78, 5) is 0. The van der Waals surface area contributed by atoms with Gasteiger partial charge in [0.05, 0.1) is 0 Å². The van der Waals surface area contributed by atoms with Crippen molar-refractivity contribution >= 4 is 15.7 Å². The molecule has 2 fully saturated rings. The monoisotopic (exact) mass is 446 g/mol. The molecule has 4 rings (SSSR count). The molecule has 2 aromatic rings. The van der Waals surface area contributed by atoms with E-state index in [9.17, 15) is 8.42 Å². The number of sulfonamides is 1. The van der Waals surface area contributed by atoms with Crippen molar-refractivity contribution in [1.82, 2.24) is 4.31 Å². The standard InChI is InChI=1S/C24H31FN2O3S/c1-18(27-13-5-8-24(31(27,28)29)20-6-3-2-4-7-20)22-10-9-21(16-23(22)25)26-17-19-11-14-30-15-12-19/h2-4,6-7,9-10,16,18-19,24,26H,5,8,11-15,17H2,1H3. The van der Waals surface area contributed by atoms with Crippen molar-refractivity contribution in [2.45, 2.75) is 43.9 Å². The Hall–Kier alpha value is -1.96. The van der Waals surface area contributed by atoms with Gasteiger partial charge >= 0.3 is 0 Å². The van der Waals surface area contributed by atoms with E-state index in [4.69, 9.17) is 4.74 Å². The Balaban J connectivity index is 1.48. The van der Waals surface area contributed by atoms with Gasteiger partial charge in [0, 0.05) is 43.6 Å². The van der Waals surface area contributed by atoms with Gasteiger partial charge in [-0.25, -0.2) is 12.8 Å². The van der Waals surface area contributed by atoms with Crippen molar-refractivity contribution in [3.8, 4) is 0 Å². The molecule has 2 aromatic carbocycles. The fourth-order valence-electron chi connectivity index (χ4n) is 4.64. The van der Waals surface area contributed by atoms with Crippen LogP contribution >= 0.6 is 0 Å². The van der Waals surface area contributed by atoms with Gasteiger partial charge in [0.2, 0.25) is 10.0 Å². The molecule has 168 valence electrons. The maximum Gasteiger partial charge on any atom is 0.221 e. The zero-order valence-electron chi connectivity index (χ0n) is 18.0. The Bertz CT molecular complexity index is 978. The van der Waals surface area contributed by atoms with Crippen LogP contribution in [0.4, 0.5) is 10.1 Å². The van der Waals surface area contributed by atoms with Gasteiger partial charge < -0.3 is 10.1 Å². The number of ether oxygens (including phenoxy) is 1. The Kier molecular flexibility index (Phi) is 6.94. The van der Waals surface area contributed by atoms with Gasteiger partial charge in [-0.2, -0.15) is 4.31 Å². The number of rotatable bonds is 6. The first kappa shape index (κ1) is 22.2. The van der Waals surface area contributed by atoms with Crippen LogP contribution in [-0.2, 0) is 14.8 Å². The average Bonchev–Trinajstić information content (AvgIpc) is 2.78. The van der Waals surface area contributed by atoms with Crippen LogP contribution < -0.4 is 5.32 Å². The molecule has 5 nitrogen and oxygen atoms in total. The van der Waals surface area contributed by atoms with Gasteiger partial charge in [-0.15, -0.1) is 0 Å². The number of nitrogens with zero attached hydrogens (tertiary/aromatic N) is 1. The highest BCUT2D eigenvalue weighted by Gasteiger charge is 2.40.